The Labute approximate surface area is 135 Å². The first-order chi connectivity index (χ1) is 11.2. The summed E-state index contributed by atoms with van der Waals surface area (Å²) in [6.07, 6.45) is -5.28. The number of amides is 2. The summed E-state index contributed by atoms with van der Waals surface area (Å²) in [4.78, 5) is 23.6. The molecule has 10 heteroatoms. The van der Waals surface area contributed by atoms with Crippen LogP contribution in [0.1, 0.15) is 13.8 Å². The fourth-order valence-electron chi connectivity index (χ4n) is 1.75. The molecule has 0 aliphatic carbocycles. The third-order valence-corrected chi connectivity index (χ3v) is 2.69. The van der Waals surface area contributed by atoms with Crippen LogP contribution in [0.2, 0.25) is 0 Å². The van der Waals surface area contributed by atoms with E-state index in [9.17, 15) is 27.2 Å². The third-order valence-electron chi connectivity index (χ3n) is 2.69. The van der Waals surface area contributed by atoms with Crippen molar-refractivity contribution in [2.75, 3.05) is 18.5 Å². The lowest BCUT2D eigenvalue weighted by Gasteiger charge is -2.33. The fourth-order valence-corrected chi connectivity index (χ4v) is 1.75. The molecule has 0 saturated heterocycles. The van der Waals surface area contributed by atoms with E-state index in [4.69, 9.17) is 0 Å². The normalized spacial score (nSPS) is 13.8. The average molecular weight is 352 g/mol. The molecule has 0 aliphatic heterocycles. The molecule has 0 saturated carbocycles. The molecular formula is C14H16F4N2O4. The number of rotatable bonds is 6. The number of esters is 1. The van der Waals surface area contributed by atoms with Crippen LogP contribution in [0.15, 0.2) is 24.3 Å². The van der Waals surface area contributed by atoms with Crippen LogP contribution in [0.25, 0.3) is 0 Å². The summed E-state index contributed by atoms with van der Waals surface area (Å²) in [7, 11) is 0. The van der Waals surface area contributed by atoms with Crippen molar-refractivity contribution >= 4 is 17.7 Å². The lowest BCUT2D eigenvalue weighted by Crippen LogP contribution is -2.67. The molecule has 0 aromatic heterocycles. The molecule has 1 rings (SSSR count). The zero-order valence-electron chi connectivity index (χ0n) is 12.9. The smallest absolute Gasteiger partial charge is 0.448 e. The van der Waals surface area contributed by atoms with Gasteiger partial charge in [0.25, 0.3) is 0 Å². The largest absolute Gasteiger partial charge is 0.462 e. The Balaban J connectivity index is 3.06. The van der Waals surface area contributed by atoms with Crippen molar-refractivity contribution in [3.63, 3.8) is 0 Å². The molecule has 2 amide bonds. The summed E-state index contributed by atoms with van der Waals surface area (Å²) in [5.74, 6) is -2.51. The Morgan fingerprint density at radius 1 is 1.17 bits per heavy atom. The van der Waals surface area contributed by atoms with E-state index in [1.165, 1.54) is 31.3 Å². The van der Waals surface area contributed by atoms with Crippen molar-refractivity contribution in [1.82, 2.24) is 5.32 Å². The van der Waals surface area contributed by atoms with Crippen molar-refractivity contribution in [2.24, 2.45) is 0 Å². The number of ether oxygens (including phenoxy) is 2. The SMILES string of the molecule is CCOC(=O)[C@](NC(=O)Nc1cccc(F)c1)(OCC)C(F)(F)F. The van der Waals surface area contributed by atoms with E-state index in [2.05, 4.69) is 9.47 Å². The summed E-state index contributed by atoms with van der Waals surface area (Å²) < 4.78 is 62.0. The summed E-state index contributed by atoms with van der Waals surface area (Å²) in [5.41, 5.74) is -3.78. The third kappa shape index (κ3) is 4.57. The highest BCUT2D eigenvalue weighted by Gasteiger charge is 2.64. The maximum absolute atomic E-state index is 13.4. The predicted molar refractivity (Wildman–Crippen MR) is 75.6 cm³/mol. The van der Waals surface area contributed by atoms with Crippen LogP contribution in [-0.4, -0.2) is 37.1 Å². The van der Waals surface area contributed by atoms with E-state index < -0.39 is 36.3 Å². The average Bonchev–Trinajstić information content (AvgIpc) is 2.45. The molecular weight excluding hydrogens is 336 g/mol. The van der Waals surface area contributed by atoms with Crippen molar-refractivity contribution in [3.8, 4) is 0 Å². The van der Waals surface area contributed by atoms with Crippen molar-refractivity contribution < 1.29 is 36.6 Å². The van der Waals surface area contributed by atoms with Gasteiger partial charge in [-0.05, 0) is 32.0 Å². The second-order valence-corrected chi connectivity index (χ2v) is 4.42. The van der Waals surface area contributed by atoms with Crippen LogP contribution >= 0.6 is 0 Å². The number of benzene rings is 1. The Morgan fingerprint density at radius 3 is 2.33 bits per heavy atom. The Morgan fingerprint density at radius 2 is 1.83 bits per heavy atom. The van der Waals surface area contributed by atoms with Crippen LogP contribution in [0.4, 0.5) is 28.0 Å². The van der Waals surface area contributed by atoms with Crippen molar-refractivity contribution in [2.45, 2.75) is 25.7 Å². The molecule has 0 fully saturated rings. The van der Waals surface area contributed by atoms with Gasteiger partial charge in [-0.25, -0.2) is 14.0 Å². The molecule has 134 valence electrons. The Hall–Kier alpha value is -2.36. The number of urea groups is 1. The van der Waals surface area contributed by atoms with Crippen molar-refractivity contribution in [1.29, 1.82) is 0 Å². The van der Waals surface area contributed by atoms with Gasteiger partial charge in [-0.15, -0.1) is 0 Å². The number of hydrogen-bond acceptors (Lipinski definition) is 4. The maximum atomic E-state index is 13.4. The summed E-state index contributed by atoms with van der Waals surface area (Å²) in [6.45, 7) is 1.64. The lowest BCUT2D eigenvalue weighted by molar-refractivity contribution is -0.282. The van der Waals surface area contributed by atoms with Gasteiger partial charge in [0, 0.05) is 12.3 Å². The zero-order chi connectivity index (χ0) is 18.4. The predicted octanol–water partition coefficient (Wildman–Crippen LogP) is 2.81. The van der Waals surface area contributed by atoms with E-state index in [-0.39, 0.29) is 12.3 Å². The number of carbonyl (C=O) groups excluding carboxylic acids is 2. The molecule has 0 aliphatic rings. The standard InChI is InChI=1S/C14H16F4N2O4/c1-3-23-11(21)13(24-4-2,14(16,17)18)20-12(22)19-10-7-5-6-9(15)8-10/h5-8H,3-4H2,1-2H3,(H2,19,20,22)/t13-/m0/s1. The molecule has 24 heavy (non-hydrogen) atoms. The molecule has 0 radical (unpaired) electrons. The molecule has 0 unspecified atom stereocenters. The van der Waals surface area contributed by atoms with E-state index in [1.807, 2.05) is 5.32 Å². The fraction of sp³-hybridized carbons (Fsp3) is 0.429. The first-order valence-corrected chi connectivity index (χ1v) is 6.89. The summed E-state index contributed by atoms with van der Waals surface area (Å²) in [5, 5.41) is 3.42. The Kier molecular flexibility index (Phi) is 6.52. The number of nitrogens with one attached hydrogen (secondary N) is 2. The highest BCUT2D eigenvalue weighted by atomic mass is 19.4. The van der Waals surface area contributed by atoms with Gasteiger partial charge in [0.05, 0.1) is 6.61 Å². The number of carbonyl (C=O) groups is 2. The van der Waals surface area contributed by atoms with Gasteiger partial charge in [-0.3, -0.25) is 5.32 Å². The molecule has 6 nitrogen and oxygen atoms in total. The second kappa shape index (κ2) is 7.95. The van der Waals surface area contributed by atoms with Gasteiger partial charge in [-0.2, -0.15) is 13.2 Å². The molecule has 1 aromatic carbocycles. The first kappa shape index (κ1) is 19.7. The minimum absolute atomic E-state index is 0.107. The topological polar surface area (TPSA) is 76.7 Å². The molecule has 0 heterocycles. The number of anilines is 1. The molecule has 1 atom stereocenters. The molecule has 2 N–H and O–H groups in total. The highest BCUT2D eigenvalue weighted by Crippen LogP contribution is 2.33. The van der Waals surface area contributed by atoms with Crippen LogP contribution in [-0.2, 0) is 14.3 Å². The van der Waals surface area contributed by atoms with Crippen LogP contribution < -0.4 is 10.6 Å². The van der Waals surface area contributed by atoms with Crippen molar-refractivity contribution in [3.05, 3.63) is 30.1 Å². The Bertz CT molecular complexity index is 594. The zero-order valence-corrected chi connectivity index (χ0v) is 12.9. The lowest BCUT2D eigenvalue weighted by atomic mass is 10.2. The van der Waals surface area contributed by atoms with Gasteiger partial charge in [0.2, 0.25) is 0 Å². The van der Waals surface area contributed by atoms with Crippen LogP contribution in [0, 0.1) is 5.82 Å². The van der Waals surface area contributed by atoms with Crippen LogP contribution in [0.5, 0.6) is 0 Å². The summed E-state index contributed by atoms with van der Waals surface area (Å²) in [6, 6.07) is 3.06. The van der Waals surface area contributed by atoms with Gasteiger partial charge in [0.15, 0.2) is 0 Å². The number of hydrogen-bond donors (Lipinski definition) is 2. The minimum atomic E-state index is -5.28. The van der Waals surface area contributed by atoms with Gasteiger partial charge in [-0.1, -0.05) is 6.07 Å². The second-order valence-electron chi connectivity index (χ2n) is 4.42. The minimum Gasteiger partial charge on any atom is -0.462 e. The number of halogens is 4. The van der Waals surface area contributed by atoms with E-state index >= 15 is 0 Å². The highest BCUT2D eigenvalue weighted by molar-refractivity contribution is 5.94. The molecule has 0 bridgehead atoms. The summed E-state index contributed by atoms with van der Waals surface area (Å²) >= 11 is 0. The quantitative estimate of drug-likeness (QED) is 0.469. The van der Waals surface area contributed by atoms with Gasteiger partial charge >= 0.3 is 23.9 Å². The maximum Gasteiger partial charge on any atom is 0.448 e. The van der Waals surface area contributed by atoms with E-state index in [1.54, 1.807) is 0 Å². The van der Waals surface area contributed by atoms with Gasteiger partial charge in [0.1, 0.15) is 5.82 Å². The molecule has 1 aromatic rings. The number of alkyl halides is 3. The van der Waals surface area contributed by atoms with E-state index in [0.29, 0.717) is 0 Å². The first-order valence-electron chi connectivity index (χ1n) is 6.89. The van der Waals surface area contributed by atoms with Crippen LogP contribution in [0.3, 0.4) is 0 Å². The monoisotopic (exact) mass is 352 g/mol. The van der Waals surface area contributed by atoms with E-state index in [0.717, 1.165) is 12.1 Å². The molecule has 0 spiro atoms. The van der Waals surface area contributed by atoms with Gasteiger partial charge < -0.3 is 14.8 Å².